The van der Waals surface area contributed by atoms with Gasteiger partial charge in [0.05, 0.1) is 12.7 Å². The molecule has 18 heavy (non-hydrogen) atoms. The van der Waals surface area contributed by atoms with Crippen LogP contribution in [0, 0.1) is 0 Å². The Balaban J connectivity index is 1.90. The number of hydrogen-bond acceptors (Lipinski definition) is 4. The Hall–Kier alpha value is 0.0600. The zero-order valence-corrected chi connectivity index (χ0v) is 13.3. The first-order valence-electron chi connectivity index (χ1n) is 6.40. The monoisotopic (exact) mass is 332 g/mol. The van der Waals surface area contributed by atoms with Gasteiger partial charge in [0.25, 0.3) is 0 Å². The predicted molar refractivity (Wildman–Crippen MR) is 80.1 cm³/mol. The second-order valence-corrected chi connectivity index (χ2v) is 7.01. The van der Waals surface area contributed by atoms with Crippen LogP contribution >= 0.6 is 27.3 Å². The van der Waals surface area contributed by atoms with E-state index in [4.69, 9.17) is 10.5 Å². The molecule has 0 amide bonds. The third-order valence-corrected chi connectivity index (χ3v) is 5.11. The number of nitrogens with zero attached hydrogens (tertiary/aromatic N) is 1. The normalized spacial score (nSPS) is 23.5. The maximum atomic E-state index is 6.29. The van der Waals surface area contributed by atoms with E-state index in [1.807, 2.05) is 0 Å². The quantitative estimate of drug-likeness (QED) is 0.920. The molecule has 1 aromatic rings. The van der Waals surface area contributed by atoms with Crippen molar-refractivity contribution in [2.75, 3.05) is 19.7 Å². The molecule has 1 aliphatic heterocycles. The van der Waals surface area contributed by atoms with Gasteiger partial charge < -0.3 is 10.5 Å². The van der Waals surface area contributed by atoms with E-state index in [9.17, 15) is 0 Å². The van der Waals surface area contributed by atoms with E-state index in [-0.39, 0.29) is 12.1 Å². The lowest BCUT2D eigenvalue weighted by Gasteiger charge is -2.37. The van der Waals surface area contributed by atoms with E-state index < -0.39 is 0 Å². The molecular formula is C13H21BrN2OS. The lowest BCUT2D eigenvalue weighted by Crippen LogP contribution is -2.53. The van der Waals surface area contributed by atoms with Crippen molar-refractivity contribution in [1.82, 2.24) is 4.90 Å². The number of hydrogen-bond donors (Lipinski definition) is 1. The van der Waals surface area contributed by atoms with Gasteiger partial charge >= 0.3 is 0 Å². The van der Waals surface area contributed by atoms with Crippen molar-refractivity contribution >= 4 is 27.3 Å². The summed E-state index contributed by atoms with van der Waals surface area (Å²) in [4.78, 5) is 3.76. The highest BCUT2D eigenvalue weighted by molar-refractivity contribution is 9.10. The molecule has 2 rings (SSSR count). The van der Waals surface area contributed by atoms with Gasteiger partial charge in [0, 0.05) is 39.9 Å². The van der Waals surface area contributed by atoms with E-state index >= 15 is 0 Å². The SMILES string of the molecule is CC(C)N1CCOC(C(N)Cc2cc(Br)cs2)C1. The molecule has 2 unspecified atom stereocenters. The first-order valence-corrected chi connectivity index (χ1v) is 8.07. The molecule has 1 fully saturated rings. The zero-order chi connectivity index (χ0) is 13.1. The first-order chi connectivity index (χ1) is 8.56. The molecule has 0 aliphatic carbocycles. The van der Waals surface area contributed by atoms with Crippen molar-refractivity contribution in [3.63, 3.8) is 0 Å². The molecule has 5 heteroatoms. The highest BCUT2D eigenvalue weighted by Crippen LogP contribution is 2.22. The fourth-order valence-corrected chi connectivity index (χ4v) is 3.77. The highest BCUT2D eigenvalue weighted by atomic mass is 79.9. The van der Waals surface area contributed by atoms with Crippen molar-refractivity contribution in [3.05, 3.63) is 20.8 Å². The highest BCUT2D eigenvalue weighted by Gasteiger charge is 2.27. The van der Waals surface area contributed by atoms with Gasteiger partial charge in [-0.1, -0.05) is 0 Å². The number of halogens is 1. The fraction of sp³-hybridized carbons (Fsp3) is 0.692. The van der Waals surface area contributed by atoms with Crippen LogP contribution in [0.1, 0.15) is 18.7 Å². The Morgan fingerprint density at radius 2 is 2.39 bits per heavy atom. The molecule has 1 aromatic heterocycles. The molecule has 1 saturated heterocycles. The summed E-state index contributed by atoms with van der Waals surface area (Å²) in [5.74, 6) is 0. The van der Waals surface area contributed by atoms with Crippen LogP contribution in [0.15, 0.2) is 15.9 Å². The average Bonchev–Trinajstić information content (AvgIpc) is 2.75. The third-order valence-electron chi connectivity index (χ3n) is 3.39. The Labute approximate surface area is 121 Å². The van der Waals surface area contributed by atoms with Gasteiger partial charge in [0.15, 0.2) is 0 Å². The molecule has 2 N–H and O–H groups in total. The predicted octanol–water partition coefficient (Wildman–Crippen LogP) is 2.49. The molecule has 0 saturated carbocycles. The van der Waals surface area contributed by atoms with E-state index in [1.54, 1.807) is 11.3 Å². The Morgan fingerprint density at radius 1 is 1.61 bits per heavy atom. The summed E-state index contributed by atoms with van der Waals surface area (Å²) in [6, 6.07) is 2.80. The summed E-state index contributed by atoms with van der Waals surface area (Å²) in [5.41, 5.74) is 6.29. The molecule has 3 nitrogen and oxygen atoms in total. The molecular weight excluding hydrogens is 312 g/mol. The van der Waals surface area contributed by atoms with Crippen LogP contribution in [0.4, 0.5) is 0 Å². The van der Waals surface area contributed by atoms with Gasteiger partial charge in [-0.05, 0) is 42.3 Å². The fourth-order valence-electron chi connectivity index (χ4n) is 2.25. The first kappa shape index (κ1) is 14.5. The minimum Gasteiger partial charge on any atom is -0.374 e. The van der Waals surface area contributed by atoms with Crippen LogP contribution in [0.25, 0.3) is 0 Å². The lowest BCUT2D eigenvalue weighted by atomic mass is 10.0. The molecule has 2 heterocycles. The largest absolute Gasteiger partial charge is 0.374 e. The van der Waals surface area contributed by atoms with Gasteiger partial charge in [0.1, 0.15) is 0 Å². The summed E-state index contributed by atoms with van der Waals surface area (Å²) in [7, 11) is 0. The Bertz CT molecular complexity index is 383. The standard InChI is InChI=1S/C13H21BrN2OS/c1-9(2)16-3-4-17-13(7-16)12(15)6-11-5-10(14)8-18-11/h5,8-9,12-13H,3-4,6-7,15H2,1-2H3. The second-order valence-electron chi connectivity index (χ2n) is 5.10. The van der Waals surface area contributed by atoms with Crippen LogP contribution in [0.3, 0.4) is 0 Å². The van der Waals surface area contributed by atoms with Gasteiger partial charge in [-0.3, -0.25) is 4.90 Å². The maximum Gasteiger partial charge on any atom is 0.0856 e. The Kier molecular flexibility index (Phi) is 5.21. The van der Waals surface area contributed by atoms with Crippen LogP contribution in [0.5, 0.6) is 0 Å². The molecule has 0 radical (unpaired) electrons. The van der Waals surface area contributed by atoms with Crippen molar-refractivity contribution in [2.45, 2.75) is 38.5 Å². The zero-order valence-electron chi connectivity index (χ0n) is 10.9. The minimum absolute atomic E-state index is 0.0806. The number of thiophene rings is 1. The summed E-state index contributed by atoms with van der Waals surface area (Å²) >= 11 is 5.23. The van der Waals surface area contributed by atoms with E-state index in [0.29, 0.717) is 6.04 Å². The summed E-state index contributed by atoms with van der Waals surface area (Å²) < 4.78 is 6.97. The third kappa shape index (κ3) is 3.78. The lowest BCUT2D eigenvalue weighted by molar-refractivity contribution is -0.0494. The van der Waals surface area contributed by atoms with Crippen molar-refractivity contribution < 1.29 is 4.74 Å². The molecule has 0 bridgehead atoms. The summed E-state index contributed by atoms with van der Waals surface area (Å²) in [6.07, 6.45) is 1.05. The molecule has 2 atom stereocenters. The number of nitrogens with two attached hydrogens (primary N) is 1. The number of ether oxygens (including phenoxy) is 1. The summed E-state index contributed by atoms with van der Waals surface area (Å²) in [6.45, 7) is 7.22. The summed E-state index contributed by atoms with van der Waals surface area (Å²) in [5, 5.41) is 2.10. The average molecular weight is 333 g/mol. The van der Waals surface area contributed by atoms with Crippen LogP contribution in [-0.4, -0.2) is 42.8 Å². The van der Waals surface area contributed by atoms with E-state index in [1.165, 1.54) is 4.88 Å². The minimum atomic E-state index is 0.0806. The van der Waals surface area contributed by atoms with Crippen molar-refractivity contribution in [1.29, 1.82) is 0 Å². The van der Waals surface area contributed by atoms with Gasteiger partial charge in [-0.15, -0.1) is 11.3 Å². The van der Waals surface area contributed by atoms with Gasteiger partial charge in [-0.25, -0.2) is 0 Å². The van der Waals surface area contributed by atoms with Gasteiger partial charge in [0.2, 0.25) is 0 Å². The topological polar surface area (TPSA) is 38.5 Å². The maximum absolute atomic E-state index is 6.29. The molecule has 102 valence electrons. The molecule has 0 spiro atoms. The number of rotatable bonds is 4. The second kappa shape index (κ2) is 6.48. The molecule has 0 aromatic carbocycles. The van der Waals surface area contributed by atoms with Crippen LogP contribution in [0.2, 0.25) is 0 Å². The van der Waals surface area contributed by atoms with Gasteiger partial charge in [-0.2, -0.15) is 0 Å². The van der Waals surface area contributed by atoms with Crippen LogP contribution in [-0.2, 0) is 11.2 Å². The van der Waals surface area contributed by atoms with Crippen molar-refractivity contribution in [2.24, 2.45) is 5.73 Å². The smallest absolute Gasteiger partial charge is 0.0856 e. The number of morpholine rings is 1. The Morgan fingerprint density at radius 3 is 3.00 bits per heavy atom. The molecule has 1 aliphatic rings. The van der Waals surface area contributed by atoms with E-state index in [0.717, 1.165) is 30.6 Å². The van der Waals surface area contributed by atoms with Crippen LogP contribution < -0.4 is 5.73 Å². The van der Waals surface area contributed by atoms with E-state index in [2.05, 4.69) is 46.1 Å². The van der Waals surface area contributed by atoms with Crippen molar-refractivity contribution in [3.8, 4) is 0 Å².